The van der Waals surface area contributed by atoms with Crippen LogP contribution in [0.4, 0.5) is 5.69 Å². The fourth-order valence-corrected chi connectivity index (χ4v) is 4.69. The smallest absolute Gasteiger partial charge is 0.223 e. The quantitative estimate of drug-likeness (QED) is 0.481. The lowest BCUT2D eigenvalue weighted by molar-refractivity contribution is -0.127. The third kappa shape index (κ3) is 4.67. The molecular formula is C20H22Cl2N2OS. The Balaban J connectivity index is 1.72. The molecule has 0 aliphatic heterocycles. The molecule has 1 atom stereocenters. The number of anilines is 1. The normalized spacial score (nSPS) is 15.3. The number of benzene rings is 2. The molecule has 1 fully saturated rings. The van der Waals surface area contributed by atoms with Gasteiger partial charge in [-0.05, 0) is 48.2 Å². The van der Waals surface area contributed by atoms with Crippen LogP contribution in [0.1, 0.15) is 35.6 Å². The average Bonchev–Trinajstić information content (AvgIpc) is 2.57. The lowest BCUT2D eigenvalue weighted by Crippen LogP contribution is -2.35. The van der Waals surface area contributed by atoms with Crippen LogP contribution >= 0.6 is 35.0 Å². The van der Waals surface area contributed by atoms with E-state index in [1.54, 1.807) is 17.8 Å². The molecule has 6 heteroatoms. The van der Waals surface area contributed by atoms with E-state index in [4.69, 9.17) is 28.9 Å². The highest BCUT2D eigenvalue weighted by Gasteiger charge is 2.25. The molecular weight excluding hydrogens is 387 g/mol. The first-order valence-electron chi connectivity index (χ1n) is 8.75. The summed E-state index contributed by atoms with van der Waals surface area (Å²) in [5.41, 5.74) is 8.84. The fourth-order valence-electron chi connectivity index (χ4n) is 2.97. The molecule has 1 saturated carbocycles. The summed E-state index contributed by atoms with van der Waals surface area (Å²) >= 11 is 14.3. The summed E-state index contributed by atoms with van der Waals surface area (Å²) in [6, 6.07) is 13.3. The van der Waals surface area contributed by atoms with Crippen molar-refractivity contribution in [3.05, 3.63) is 63.6 Å². The number of nitrogen functional groups attached to an aromatic ring is 1. The highest BCUT2D eigenvalue weighted by molar-refractivity contribution is 7.99. The minimum Gasteiger partial charge on any atom is -0.398 e. The number of carbonyl (C=O) groups is 1. The first-order chi connectivity index (χ1) is 12.6. The third-order valence-electron chi connectivity index (χ3n) is 4.68. The second-order valence-corrected chi connectivity index (χ2v) is 8.52. The molecule has 1 amide bonds. The summed E-state index contributed by atoms with van der Waals surface area (Å²) in [6.45, 7) is 0.626. The number of hydrogen-bond donors (Lipinski definition) is 2. The summed E-state index contributed by atoms with van der Waals surface area (Å²) in [5, 5.41) is 4.34. The summed E-state index contributed by atoms with van der Waals surface area (Å²) in [6.07, 6.45) is 3.19. The van der Waals surface area contributed by atoms with Gasteiger partial charge in [0.2, 0.25) is 5.91 Å². The number of rotatable bonds is 7. The van der Waals surface area contributed by atoms with Gasteiger partial charge in [0.25, 0.3) is 0 Å². The third-order valence-corrected chi connectivity index (χ3v) is 6.54. The Hall–Kier alpha value is -1.36. The van der Waals surface area contributed by atoms with E-state index in [0.29, 0.717) is 22.3 Å². The molecule has 1 aliphatic rings. The van der Waals surface area contributed by atoms with Crippen LogP contribution in [0, 0.1) is 5.92 Å². The zero-order valence-electron chi connectivity index (χ0n) is 14.4. The first-order valence-corrected chi connectivity index (χ1v) is 10.6. The highest BCUT2D eigenvalue weighted by atomic mass is 35.5. The van der Waals surface area contributed by atoms with Gasteiger partial charge in [0.15, 0.2) is 0 Å². The van der Waals surface area contributed by atoms with E-state index in [1.165, 1.54) is 0 Å². The van der Waals surface area contributed by atoms with Crippen molar-refractivity contribution in [2.24, 2.45) is 5.92 Å². The van der Waals surface area contributed by atoms with Gasteiger partial charge >= 0.3 is 0 Å². The summed E-state index contributed by atoms with van der Waals surface area (Å²) < 4.78 is 0. The van der Waals surface area contributed by atoms with E-state index < -0.39 is 0 Å². The maximum absolute atomic E-state index is 12.0. The summed E-state index contributed by atoms with van der Waals surface area (Å²) in [5.74, 6) is 1.15. The van der Waals surface area contributed by atoms with Gasteiger partial charge in [0.05, 0.1) is 5.25 Å². The predicted octanol–water partition coefficient (Wildman–Crippen LogP) is 5.31. The average molecular weight is 409 g/mol. The molecule has 1 unspecified atom stereocenters. The van der Waals surface area contributed by atoms with Crippen molar-refractivity contribution in [1.29, 1.82) is 0 Å². The second-order valence-electron chi connectivity index (χ2n) is 6.46. The second kappa shape index (κ2) is 9.03. The van der Waals surface area contributed by atoms with Crippen LogP contribution in [0.2, 0.25) is 10.0 Å². The van der Waals surface area contributed by atoms with Crippen molar-refractivity contribution >= 4 is 46.6 Å². The number of nitrogens with two attached hydrogens (primary N) is 1. The Morgan fingerprint density at radius 1 is 1.19 bits per heavy atom. The molecule has 0 bridgehead atoms. The molecule has 0 radical (unpaired) electrons. The maximum Gasteiger partial charge on any atom is 0.223 e. The number of amides is 1. The Morgan fingerprint density at radius 3 is 2.65 bits per heavy atom. The van der Waals surface area contributed by atoms with Crippen molar-refractivity contribution in [3.8, 4) is 0 Å². The van der Waals surface area contributed by atoms with Crippen LogP contribution in [0.5, 0.6) is 0 Å². The standard InChI is InChI=1S/C20H22Cl2N2OS/c21-14-8-9-18(23)16(12-14)19(15-6-1-2-7-17(15)22)26-11-10-24-20(25)13-4-3-5-13/h1-2,6-9,12-13,19H,3-5,10-11,23H2,(H,24,25). The molecule has 1 aliphatic carbocycles. The molecule has 0 spiro atoms. The Morgan fingerprint density at radius 2 is 1.96 bits per heavy atom. The van der Waals surface area contributed by atoms with Crippen LogP contribution in [-0.2, 0) is 4.79 Å². The van der Waals surface area contributed by atoms with Crippen LogP contribution in [0.25, 0.3) is 0 Å². The topological polar surface area (TPSA) is 55.1 Å². The van der Waals surface area contributed by atoms with Gasteiger partial charge in [0, 0.05) is 33.9 Å². The fraction of sp³-hybridized carbons (Fsp3) is 0.350. The predicted molar refractivity (Wildman–Crippen MR) is 112 cm³/mol. The highest BCUT2D eigenvalue weighted by Crippen LogP contribution is 2.42. The van der Waals surface area contributed by atoms with Crippen molar-refractivity contribution < 1.29 is 4.79 Å². The van der Waals surface area contributed by atoms with Crippen LogP contribution in [-0.4, -0.2) is 18.2 Å². The maximum atomic E-state index is 12.0. The molecule has 0 aromatic heterocycles. The van der Waals surface area contributed by atoms with Crippen molar-refractivity contribution in [2.45, 2.75) is 24.5 Å². The monoisotopic (exact) mass is 408 g/mol. The molecule has 2 aromatic carbocycles. The van der Waals surface area contributed by atoms with E-state index in [-0.39, 0.29) is 17.1 Å². The molecule has 3 N–H and O–H groups in total. The number of nitrogens with one attached hydrogen (secondary N) is 1. The van der Waals surface area contributed by atoms with E-state index in [0.717, 1.165) is 36.1 Å². The molecule has 3 nitrogen and oxygen atoms in total. The minimum absolute atomic E-state index is 0.0389. The molecule has 0 heterocycles. The zero-order valence-corrected chi connectivity index (χ0v) is 16.7. The molecule has 26 heavy (non-hydrogen) atoms. The molecule has 138 valence electrons. The number of hydrogen-bond acceptors (Lipinski definition) is 3. The van der Waals surface area contributed by atoms with Gasteiger partial charge in [0.1, 0.15) is 0 Å². The van der Waals surface area contributed by atoms with Crippen molar-refractivity contribution in [1.82, 2.24) is 5.32 Å². The number of thioether (sulfide) groups is 1. The van der Waals surface area contributed by atoms with Gasteiger partial charge in [-0.1, -0.05) is 47.8 Å². The van der Waals surface area contributed by atoms with E-state index in [9.17, 15) is 4.79 Å². The van der Waals surface area contributed by atoms with Crippen molar-refractivity contribution in [2.75, 3.05) is 18.0 Å². The van der Waals surface area contributed by atoms with E-state index >= 15 is 0 Å². The largest absolute Gasteiger partial charge is 0.398 e. The van der Waals surface area contributed by atoms with Crippen LogP contribution in [0.15, 0.2) is 42.5 Å². The molecule has 3 rings (SSSR count). The molecule has 2 aromatic rings. The van der Waals surface area contributed by atoms with E-state index in [1.807, 2.05) is 36.4 Å². The van der Waals surface area contributed by atoms with Gasteiger partial charge in [-0.25, -0.2) is 0 Å². The number of carbonyl (C=O) groups excluding carboxylic acids is 1. The Kier molecular flexibility index (Phi) is 6.74. The first kappa shape index (κ1) is 19.4. The molecule has 0 saturated heterocycles. The lowest BCUT2D eigenvalue weighted by atomic mass is 9.85. The Labute approximate surface area is 168 Å². The Bertz CT molecular complexity index is 780. The zero-order chi connectivity index (χ0) is 18.5. The SMILES string of the molecule is Nc1ccc(Cl)cc1C(SCCNC(=O)C1CCC1)c1ccccc1Cl. The van der Waals surface area contributed by atoms with Crippen molar-refractivity contribution in [3.63, 3.8) is 0 Å². The van der Waals surface area contributed by atoms with Gasteiger partial charge in [-0.2, -0.15) is 0 Å². The van der Waals surface area contributed by atoms with Gasteiger partial charge < -0.3 is 11.1 Å². The summed E-state index contributed by atoms with van der Waals surface area (Å²) in [4.78, 5) is 12.0. The summed E-state index contributed by atoms with van der Waals surface area (Å²) in [7, 11) is 0. The van der Waals surface area contributed by atoms with Gasteiger partial charge in [-0.15, -0.1) is 11.8 Å². The van der Waals surface area contributed by atoms with Crippen LogP contribution in [0.3, 0.4) is 0 Å². The van der Waals surface area contributed by atoms with Gasteiger partial charge in [-0.3, -0.25) is 4.79 Å². The van der Waals surface area contributed by atoms with E-state index in [2.05, 4.69) is 5.32 Å². The van der Waals surface area contributed by atoms with Crippen LogP contribution < -0.4 is 11.1 Å². The lowest BCUT2D eigenvalue weighted by Gasteiger charge is -2.24. The minimum atomic E-state index is -0.0389. The number of halogens is 2.